The maximum absolute atomic E-state index is 11.8. The molecule has 23 heavy (non-hydrogen) atoms. The Labute approximate surface area is 137 Å². The van der Waals surface area contributed by atoms with E-state index in [2.05, 4.69) is 17.6 Å². The number of carbonyl (C=O) groups is 1. The maximum atomic E-state index is 11.8. The van der Waals surface area contributed by atoms with Gasteiger partial charge in [0.15, 0.2) is 0 Å². The third kappa shape index (κ3) is 5.29. The summed E-state index contributed by atoms with van der Waals surface area (Å²) in [5.74, 6) is 1.54. The Bertz CT molecular complexity index is 593. The van der Waals surface area contributed by atoms with Crippen molar-refractivity contribution in [3.8, 4) is 6.07 Å². The summed E-state index contributed by atoms with van der Waals surface area (Å²) in [6.07, 6.45) is 1.87. The standard InChI is InChI=1S/C17H25N3O3/c1-16(2,3)23-15(21)19-11-17(4,12-5-6-12)20-10-14-8-7-13(9-18)22-14/h7-8,12,20H,5-6,10-11H2,1-4H3,(H,19,21). The summed E-state index contributed by atoms with van der Waals surface area (Å²) < 4.78 is 10.7. The van der Waals surface area contributed by atoms with Crippen LogP contribution in [0.25, 0.3) is 0 Å². The predicted molar refractivity (Wildman–Crippen MR) is 85.6 cm³/mol. The lowest BCUT2D eigenvalue weighted by molar-refractivity contribution is 0.0507. The summed E-state index contributed by atoms with van der Waals surface area (Å²) in [4.78, 5) is 11.8. The van der Waals surface area contributed by atoms with Gasteiger partial charge in [-0.2, -0.15) is 5.26 Å². The average molecular weight is 319 g/mol. The Morgan fingerprint density at radius 1 is 1.39 bits per heavy atom. The van der Waals surface area contributed by atoms with Crippen molar-refractivity contribution in [1.82, 2.24) is 10.6 Å². The summed E-state index contributed by atoms with van der Waals surface area (Å²) in [5, 5.41) is 15.1. The van der Waals surface area contributed by atoms with E-state index >= 15 is 0 Å². The number of alkyl carbamates (subject to hydrolysis) is 1. The summed E-state index contributed by atoms with van der Waals surface area (Å²) >= 11 is 0. The number of hydrogen-bond donors (Lipinski definition) is 2. The van der Waals surface area contributed by atoms with Gasteiger partial charge in [-0.15, -0.1) is 0 Å². The predicted octanol–water partition coefficient (Wildman–Crippen LogP) is 2.93. The van der Waals surface area contributed by atoms with Gasteiger partial charge in [-0.05, 0) is 58.6 Å². The molecule has 0 saturated heterocycles. The fourth-order valence-electron chi connectivity index (χ4n) is 2.46. The SMILES string of the molecule is CC(C)(C)OC(=O)NCC(C)(NCc1ccc(C#N)o1)C1CC1. The van der Waals surface area contributed by atoms with Gasteiger partial charge < -0.3 is 19.8 Å². The van der Waals surface area contributed by atoms with E-state index in [4.69, 9.17) is 14.4 Å². The Morgan fingerprint density at radius 3 is 2.61 bits per heavy atom. The molecule has 126 valence electrons. The molecule has 0 aliphatic heterocycles. The number of ether oxygens (including phenoxy) is 1. The Hall–Kier alpha value is -2.00. The number of rotatable bonds is 6. The molecule has 1 aliphatic carbocycles. The highest BCUT2D eigenvalue weighted by atomic mass is 16.6. The second kappa shape index (κ2) is 6.63. The molecule has 1 unspecified atom stereocenters. The van der Waals surface area contributed by atoms with E-state index in [9.17, 15) is 4.79 Å². The van der Waals surface area contributed by atoms with Crippen molar-refractivity contribution in [3.63, 3.8) is 0 Å². The van der Waals surface area contributed by atoms with E-state index < -0.39 is 11.7 Å². The van der Waals surface area contributed by atoms with Crippen molar-refractivity contribution < 1.29 is 13.9 Å². The zero-order chi connectivity index (χ0) is 17.1. The lowest BCUT2D eigenvalue weighted by atomic mass is 9.95. The first-order valence-electron chi connectivity index (χ1n) is 7.92. The molecule has 6 heteroatoms. The van der Waals surface area contributed by atoms with Crippen molar-refractivity contribution in [3.05, 3.63) is 23.7 Å². The fraction of sp³-hybridized carbons (Fsp3) is 0.647. The van der Waals surface area contributed by atoms with Gasteiger partial charge in [0.2, 0.25) is 5.76 Å². The van der Waals surface area contributed by atoms with Crippen LogP contribution in [0.2, 0.25) is 0 Å². The van der Waals surface area contributed by atoms with E-state index in [0.29, 0.717) is 30.5 Å². The molecule has 1 atom stereocenters. The highest BCUT2D eigenvalue weighted by Crippen LogP contribution is 2.39. The molecule has 1 saturated carbocycles. The quantitative estimate of drug-likeness (QED) is 0.842. The summed E-state index contributed by atoms with van der Waals surface area (Å²) in [5.41, 5.74) is -0.730. The van der Waals surface area contributed by atoms with Crippen LogP contribution >= 0.6 is 0 Å². The minimum Gasteiger partial charge on any atom is -0.449 e. The zero-order valence-electron chi connectivity index (χ0n) is 14.2. The van der Waals surface area contributed by atoms with Crippen LogP contribution in [0.5, 0.6) is 0 Å². The van der Waals surface area contributed by atoms with Gasteiger partial charge >= 0.3 is 6.09 Å². The Balaban J connectivity index is 1.88. The maximum Gasteiger partial charge on any atom is 0.407 e. The minimum absolute atomic E-state index is 0.226. The number of carbonyl (C=O) groups excluding carboxylic acids is 1. The van der Waals surface area contributed by atoms with Crippen molar-refractivity contribution in [2.24, 2.45) is 5.92 Å². The van der Waals surface area contributed by atoms with Gasteiger partial charge in [-0.3, -0.25) is 0 Å². The molecule has 1 aromatic heterocycles. The number of nitrogens with one attached hydrogen (secondary N) is 2. The van der Waals surface area contributed by atoms with Crippen molar-refractivity contribution in [2.75, 3.05) is 6.54 Å². The van der Waals surface area contributed by atoms with E-state index in [1.165, 1.54) is 0 Å². The molecule has 2 rings (SSSR count). The van der Waals surface area contributed by atoms with E-state index in [1.807, 2.05) is 26.8 Å². The molecule has 0 bridgehead atoms. The highest BCUT2D eigenvalue weighted by molar-refractivity contribution is 5.67. The van der Waals surface area contributed by atoms with Gasteiger partial charge in [-0.1, -0.05) is 0 Å². The molecular weight excluding hydrogens is 294 g/mol. The van der Waals surface area contributed by atoms with Crippen LogP contribution in [-0.2, 0) is 11.3 Å². The van der Waals surface area contributed by atoms with Gasteiger partial charge in [0, 0.05) is 12.1 Å². The topological polar surface area (TPSA) is 87.3 Å². The first-order chi connectivity index (χ1) is 10.7. The molecule has 2 N–H and O–H groups in total. The van der Waals surface area contributed by atoms with Crippen LogP contribution in [0.4, 0.5) is 4.79 Å². The minimum atomic E-state index is -0.505. The zero-order valence-corrected chi connectivity index (χ0v) is 14.2. The summed E-state index contributed by atoms with van der Waals surface area (Å²) in [6, 6.07) is 5.42. The van der Waals surface area contributed by atoms with Gasteiger partial charge in [0.05, 0.1) is 6.54 Å². The smallest absolute Gasteiger partial charge is 0.407 e. The van der Waals surface area contributed by atoms with Gasteiger partial charge in [0.25, 0.3) is 0 Å². The largest absolute Gasteiger partial charge is 0.449 e. The number of nitrogens with zero attached hydrogens (tertiary/aromatic N) is 1. The van der Waals surface area contributed by atoms with Gasteiger partial charge in [-0.25, -0.2) is 4.79 Å². The molecule has 1 aromatic rings. The van der Waals surface area contributed by atoms with Crippen LogP contribution in [0.1, 0.15) is 52.1 Å². The molecule has 6 nitrogen and oxygen atoms in total. The second-order valence-electron chi connectivity index (χ2n) is 7.28. The van der Waals surface area contributed by atoms with Crippen LogP contribution in [0, 0.1) is 17.2 Å². The molecule has 0 radical (unpaired) electrons. The van der Waals surface area contributed by atoms with Crippen molar-refractivity contribution >= 4 is 6.09 Å². The van der Waals surface area contributed by atoms with Crippen LogP contribution in [0.15, 0.2) is 16.5 Å². The third-order valence-corrected chi connectivity index (χ3v) is 3.92. The van der Waals surface area contributed by atoms with E-state index in [-0.39, 0.29) is 5.54 Å². The fourth-order valence-corrected chi connectivity index (χ4v) is 2.46. The average Bonchev–Trinajstić information content (AvgIpc) is 3.21. The first kappa shape index (κ1) is 17.4. The van der Waals surface area contributed by atoms with Crippen molar-refractivity contribution in [1.29, 1.82) is 5.26 Å². The summed E-state index contributed by atoms with van der Waals surface area (Å²) in [7, 11) is 0. The lowest BCUT2D eigenvalue weighted by Gasteiger charge is -2.31. The number of furan rings is 1. The normalized spacial score (nSPS) is 17.2. The monoisotopic (exact) mass is 319 g/mol. The van der Waals surface area contributed by atoms with E-state index in [0.717, 1.165) is 12.8 Å². The third-order valence-electron chi connectivity index (χ3n) is 3.92. The highest BCUT2D eigenvalue weighted by Gasteiger charge is 2.41. The van der Waals surface area contributed by atoms with Crippen molar-refractivity contribution in [2.45, 2.75) is 58.2 Å². The number of nitriles is 1. The van der Waals surface area contributed by atoms with Crippen LogP contribution < -0.4 is 10.6 Å². The molecule has 1 aliphatic rings. The van der Waals surface area contributed by atoms with Crippen LogP contribution in [0.3, 0.4) is 0 Å². The molecule has 1 amide bonds. The van der Waals surface area contributed by atoms with E-state index in [1.54, 1.807) is 12.1 Å². The molecule has 1 heterocycles. The lowest BCUT2D eigenvalue weighted by Crippen LogP contribution is -2.53. The van der Waals surface area contributed by atoms with Gasteiger partial charge in [0.1, 0.15) is 17.4 Å². The molecule has 0 aromatic carbocycles. The van der Waals surface area contributed by atoms with Crippen LogP contribution in [-0.4, -0.2) is 23.8 Å². The molecule has 1 fully saturated rings. The Morgan fingerprint density at radius 2 is 2.09 bits per heavy atom. The first-order valence-corrected chi connectivity index (χ1v) is 7.92. The number of hydrogen-bond acceptors (Lipinski definition) is 5. The summed E-state index contributed by atoms with van der Waals surface area (Å²) in [6.45, 7) is 8.62. The molecular formula is C17H25N3O3. The second-order valence-corrected chi connectivity index (χ2v) is 7.28. The Kier molecular flexibility index (Phi) is 5.00. The number of amides is 1. The molecule has 0 spiro atoms.